The maximum atomic E-state index is 12.5. The maximum absolute atomic E-state index is 12.5. The summed E-state index contributed by atoms with van der Waals surface area (Å²) in [6.45, 7) is 2.89. The summed E-state index contributed by atoms with van der Waals surface area (Å²) in [5.41, 5.74) is 7.89. The number of nitrogen functional groups attached to an aromatic ring is 1. The molecule has 1 aliphatic rings. The molecule has 2 aromatic carbocycles. The van der Waals surface area contributed by atoms with E-state index in [1.165, 1.54) is 19.3 Å². The summed E-state index contributed by atoms with van der Waals surface area (Å²) in [5.74, 6) is -0.305. The first-order valence-electron chi connectivity index (χ1n) is 8.56. The van der Waals surface area contributed by atoms with Crippen molar-refractivity contribution in [1.82, 2.24) is 4.90 Å². The number of nitrogens with zero attached hydrogens (tertiary/aromatic N) is 1. The first-order chi connectivity index (χ1) is 11.7. The molecule has 1 saturated heterocycles. The lowest BCUT2D eigenvalue weighted by atomic mass is 10.1. The number of carbonyl (C=O) groups excluding carboxylic acids is 1. The number of benzene rings is 2. The lowest BCUT2D eigenvalue weighted by Crippen LogP contribution is -2.34. The molecular weight excluding hydrogens is 300 g/mol. The number of ether oxygens (including phenoxy) is 1. The van der Waals surface area contributed by atoms with Crippen molar-refractivity contribution in [3.63, 3.8) is 0 Å². The molecule has 2 aromatic rings. The summed E-state index contributed by atoms with van der Waals surface area (Å²) in [6, 6.07) is 16.8. The van der Waals surface area contributed by atoms with E-state index in [0.717, 1.165) is 25.2 Å². The smallest absolute Gasteiger partial charge is 0.338 e. The number of esters is 1. The van der Waals surface area contributed by atoms with Gasteiger partial charge < -0.3 is 10.5 Å². The van der Waals surface area contributed by atoms with Gasteiger partial charge in [-0.05, 0) is 55.8 Å². The Balaban J connectivity index is 1.73. The minimum Gasteiger partial charge on any atom is -0.453 e. The Labute approximate surface area is 143 Å². The molecule has 4 heteroatoms. The quantitative estimate of drug-likeness (QED) is 0.674. The highest BCUT2D eigenvalue weighted by Crippen LogP contribution is 2.22. The van der Waals surface area contributed by atoms with E-state index in [9.17, 15) is 4.79 Å². The fourth-order valence-electron chi connectivity index (χ4n) is 3.07. The molecule has 0 amide bonds. The summed E-state index contributed by atoms with van der Waals surface area (Å²) in [4.78, 5) is 14.9. The number of hydrogen-bond acceptors (Lipinski definition) is 4. The van der Waals surface area contributed by atoms with Crippen LogP contribution in [0.4, 0.5) is 5.69 Å². The van der Waals surface area contributed by atoms with Crippen molar-refractivity contribution in [3.8, 4) is 0 Å². The minimum atomic E-state index is -0.305. The number of likely N-dealkylation sites (tertiary alicyclic amines) is 1. The van der Waals surface area contributed by atoms with Crippen LogP contribution in [0.3, 0.4) is 0 Å². The van der Waals surface area contributed by atoms with E-state index in [1.807, 2.05) is 30.3 Å². The molecule has 1 fully saturated rings. The number of nitrogens with two attached hydrogens (primary N) is 1. The molecule has 24 heavy (non-hydrogen) atoms. The Kier molecular flexibility index (Phi) is 5.49. The first-order valence-corrected chi connectivity index (χ1v) is 8.56. The molecule has 0 aromatic heterocycles. The molecule has 0 aliphatic carbocycles. The van der Waals surface area contributed by atoms with Crippen molar-refractivity contribution in [3.05, 3.63) is 65.7 Å². The zero-order chi connectivity index (χ0) is 16.8. The van der Waals surface area contributed by atoms with Gasteiger partial charge in [-0.2, -0.15) is 0 Å². The van der Waals surface area contributed by atoms with Crippen LogP contribution in [-0.4, -0.2) is 30.5 Å². The molecule has 1 atom stereocenters. The fourth-order valence-corrected chi connectivity index (χ4v) is 3.07. The molecule has 0 radical (unpaired) electrons. The Morgan fingerprint density at radius 2 is 1.67 bits per heavy atom. The highest BCUT2D eigenvalue weighted by atomic mass is 16.5. The molecule has 3 rings (SSSR count). The average molecular weight is 324 g/mol. The molecule has 1 heterocycles. The van der Waals surface area contributed by atoms with Gasteiger partial charge in [0.25, 0.3) is 0 Å². The molecule has 1 unspecified atom stereocenters. The summed E-state index contributed by atoms with van der Waals surface area (Å²) >= 11 is 0. The lowest BCUT2D eigenvalue weighted by molar-refractivity contribution is 0.0177. The number of piperidine rings is 1. The van der Waals surface area contributed by atoms with Gasteiger partial charge in [-0.15, -0.1) is 0 Å². The van der Waals surface area contributed by atoms with Crippen LogP contribution in [0.25, 0.3) is 0 Å². The zero-order valence-corrected chi connectivity index (χ0v) is 13.9. The Morgan fingerprint density at radius 3 is 2.33 bits per heavy atom. The third-order valence-electron chi connectivity index (χ3n) is 4.44. The minimum absolute atomic E-state index is 0.255. The van der Waals surface area contributed by atoms with Crippen LogP contribution < -0.4 is 5.73 Å². The maximum Gasteiger partial charge on any atom is 0.338 e. The average Bonchev–Trinajstić information content (AvgIpc) is 2.63. The second kappa shape index (κ2) is 7.97. The van der Waals surface area contributed by atoms with Gasteiger partial charge in [0.05, 0.1) is 5.56 Å². The van der Waals surface area contributed by atoms with Crippen molar-refractivity contribution in [2.45, 2.75) is 25.4 Å². The fraction of sp³-hybridized carbons (Fsp3) is 0.350. The van der Waals surface area contributed by atoms with E-state index in [2.05, 4.69) is 4.90 Å². The summed E-state index contributed by atoms with van der Waals surface area (Å²) in [5, 5.41) is 0. The highest BCUT2D eigenvalue weighted by molar-refractivity contribution is 5.89. The van der Waals surface area contributed by atoms with E-state index in [0.29, 0.717) is 11.3 Å². The number of rotatable bonds is 5. The predicted molar refractivity (Wildman–Crippen MR) is 95.7 cm³/mol. The topological polar surface area (TPSA) is 55.6 Å². The number of hydrogen-bond donors (Lipinski definition) is 1. The third-order valence-corrected chi connectivity index (χ3v) is 4.44. The monoisotopic (exact) mass is 324 g/mol. The lowest BCUT2D eigenvalue weighted by Gasteiger charge is -2.30. The van der Waals surface area contributed by atoms with Crippen LogP contribution in [0, 0.1) is 0 Å². The normalized spacial score (nSPS) is 16.5. The third kappa shape index (κ3) is 4.36. The first kappa shape index (κ1) is 16.5. The molecule has 0 spiro atoms. The number of anilines is 1. The molecular formula is C20H24N2O2. The van der Waals surface area contributed by atoms with Gasteiger partial charge in [-0.3, -0.25) is 4.90 Å². The molecule has 0 bridgehead atoms. The van der Waals surface area contributed by atoms with Gasteiger partial charge >= 0.3 is 5.97 Å². The van der Waals surface area contributed by atoms with E-state index < -0.39 is 0 Å². The van der Waals surface area contributed by atoms with Crippen molar-refractivity contribution < 1.29 is 9.53 Å². The van der Waals surface area contributed by atoms with Crippen molar-refractivity contribution >= 4 is 11.7 Å². The molecule has 4 nitrogen and oxygen atoms in total. The SMILES string of the molecule is Nc1ccc(C(=O)OC(CN2CCCCC2)c2ccccc2)cc1. The van der Waals surface area contributed by atoms with Crippen LogP contribution in [0.5, 0.6) is 0 Å². The highest BCUT2D eigenvalue weighted by Gasteiger charge is 2.22. The van der Waals surface area contributed by atoms with Crippen LogP contribution in [0.2, 0.25) is 0 Å². The Bertz CT molecular complexity index is 649. The summed E-state index contributed by atoms with van der Waals surface area (Å²) in [6.07, 6.45) is 3.47. The van der Waals surface area contributed by atoms with Gasteiger partial charge in [0.2, 0.25) is 0 Å². The van der Waals surface area contributed by atoms with E-state index >= 15 is 0 Å². The van der Waals surface area contributed by atoms with Gasteiger partial charge in [-0.1, -0.05) is 36.8 Å². The van der Waals surface area contributed by atoms with Crippen molar-refractivity contribution in [2.75, 3.05) is 25.4 Å². The van der Waals surface area contributed by atoms with E-state index in [4.69, 9.17) is 10.5 Å². The standard InChI is InChI=1S/C20H24N2O2/c21-18-11-9-17(10-12-18)20(23)24-19(16-7-3-1-4-8-16)15-22-13-5-2-6-14-22/h1,3-4,7-12,19H,2,5-6,13-15,21H2. The largest absolute Gasteiger partial charge is 0.453 e. The van der Waals surface area contributed by atoms with Crippen molar-refractivity contribution in [2.24, 2.45) is 0 Å². The summed E-state index contributed by atoms with van der Waals surface area (Å²) in [7, 11) is 0. The zero-order valence-electron chi connectivity index (χ0n) is 13.9. The van der Waals surface area contributed by atoms with Gasteiger partial charge in [0.15, 0.2) is 0 Å². The predicted octanol–water partition coefficient (Wildman–Crippen LogP) is 3.65. The van der Waals surface area contributed by atoms with Crippen LogP contribution in [0.15, 0.2) is 54.6 Å². The second-order valence-electron chi connectivity index (χ2n) is 6.29. The Hall–Kier alpha value is -2.33. The van der Waals surface area contributed by atoms with E-state index in [1.54, 1.807) is 24.3 Å². The molecule has 126 valence electrons. The van der Waals surface area contributed by atoms with Gasteiger partial charge in [0.1, 0.15) is 6.10 Å². The van der Waals surface area contributed by atoms with Crippen molar-refractivity contribution in [1.29, 1.82) is 0 Å². The molecule has 1 aliphatic heterocycles. The van der Waals surface area contributed by atoms with Gasteiger partial charge in [-0.25, -0.2) is 4.79 Å². The summed E-state index contributed by atoms with van der Waals surface area (Å²) < 4.78 is 5.84. The van der Waals surface area contributed by atoms with Crippen LogP contribution in [-0.2, 0) is 4.74 Å². The van der Waals surface area contributed by atoms with Crippen LogP contribution in [0.1, 0.15) is 41.3 Å². The second-order valence-corrected chi connectivity index (χ2v) is 6.29. The van der Waals surface area contributed by atoms with Gasteiger partial charge in [0, 0.05) is 12.2 Å². The Morgan fingerprint density at radius 1 is 1.00 bits per heavy atom. The van der Waals surface area contributed by atoms with Crippen LogP contribution >= 0.6 is 0 Å². The van der Waals surface area contributed by atoms with E-state index in [-0.39, 0.29) is 12.1 Å². The molecule has 0 saturated carbocycles. The number of carbonyl (C=O) groups is 1. The molecule has 2 N–H and O–H groups in total.